The number of aliphatic hydroxyl groups is 1. The predicted octanol–water partition coefficient (Wildman–Crippen LogP) is 2.82. The van der Waals surface area contributed by atoms with Gasteiger partial charge in [0.05, 0.1) is 6.10 Å². The number of carbonyl (C=O) groups excluding carboxylic acids is 1. The molecule has 0 heterocycles. The van der Waals surface area contributed by atoms with E-state index in [2.05, 4.69) is 45.0 Å². The highest BCUT2D eigenvalue weighted by atomic mass is 28.4. The van der Waals surface area contributed by atoms with Gasteiger partial charge in [-0.3, -0.25) is 4.79 Å². The van der Waals surface area contributed by atoms with Crippen LogP contribution in [0.15, 0.2) is 72.8 Å². The Morgan fingerprint density at radius 2 is 1.46 bits per heavy atom. The van der Waals surface area contributed by atoms with Gasteiger partial charge in [0.1, 0.15) is 6.10 Å². The molecule has 1 N–H and O–H groups in total. The average molecular weight is 367 g/mol. The molecular formula is C22H26O3Si. The molecule has 0 amide bonds. The summed E-state index contributed by atoms with van der Waals surface area (Å²) in [6, 6.07) is 20.8. The summed E-state index contributed by atoms with van der Waals surface area (Å²) < 4.78 is 6.87. The van der Waals surface area contributed by atoms with Crippen molar-refractivity contribution in [3.8, 4) is 0 Å². The van der Waals surface area contributed by atoms with Crippen LogP contribution < -0.4 is 10.4 Å². The number of carbonyl (C=O) groups is 1. The minimum absolute atomic E-state index is 0.129. The molecule has 3 nitrogen and oxygen atoms in total. The summed E-state index contributed by atoms with van der Waals surface area (Å²) in [5, 5.41) is 12.3. The van der Waals surface area contributed by atoms with E-state index in [9.17, 15) is 9.90 Å². The minimum atomic E-state index is -2.66. The number of rotatable bonds is 4. The Kier molecular flexibility index (Phi) is 5.28. The molecule has 2 aromatic carbocycles. The summed E-state index contributed by atoms with van der Waals surface area (Å²) in [5.74, 6) is -0.243. The number of ketones is 1. The first-order valence-corrected chi connectivity index (χ1v) is 10.9. The lowest BCUT2D eigenvalue weighted by Gasteiger charge is -2.45. The molecular weight excluding hydrogens is 340 g/mol. The van der Waals surface area contributed by atoms with Crippen molar-refractivity contribution in [2.75, 3.05) is 0 Å². The molecule has 1 aliphatic carbocycles. The molecule has 0 saturated carbocycles. The zero-order chi connectivity index (χ0) is 18.8. The molecule has 2 atom stereocenters. The van der Waals surface area contributed by atoms with Crippen LogP contribution in [0.5, 0.6) is 0 Å². The highest BCUT2D eigenvalue weighted by Gasteiger charge is 2.51. The lowest BCUT2D eigenvalue weighted by Crippen LogP contribution is -2.67. The van der Waals surface area contributed by atoms with Crippen molar-refractivity contribution in [2.45, 2.75) is 44.4 Å². The molecule has 0 aliphatic heterocycles. The largest absolute Gasteiger partial charge is 0.401 e. The summed E-state index contributed by atoms with van der Waals surface area (Å²) in [6.45, 7) is 6.65. The van der Waals surface area contributed by atoms with E-state index in [0.29, 0.717) is 6.42 Å². The van der Waals surface area contributed by atoms with Gasteiger partial charge in [-0.05, 0) is 21.5 Å². The molecule has 0 aromatic heterocycles. The number of hydrogen-bond donors (Lipinski definition) is 1. The molecule has 0 fully saturated rings. The Morgan fingerprint density at radius 3 is 1.88 bits per heavy atom. The van der Waals surface area contributed by atoms with Crippen LogP contribution in [0.3, 0.4) is 0 Å². The quantitative estimate of drug-likeness (QED) is 0.847. The molecule has 2 aromatic rings. The summed E-state index contributed by atoms with van der Waals surface area (Å²) in [7, 11) is -2.66. The van der Waals surface area contributed by atoms with Gasteiger partial charge in [-0.15, -0.1) is 0 Å². The molecule has 0 radical (unpaired) electrons. The highest BCUT2D eigenvalue weighted by molar-refractivity contribution is 6.99. The van der Waals surface area contributed by atoms with Crippen LogP contribution in [0.1, 0.15) is 27.2 Å². The molecule has 0 saturated heterocycles. The van der Waals surface area contributed by atoms with E-state index in [1.54, 1.807) is 6.08 Å². The zero-order valence-corrected chi connectivity index (χ0v) is 16.6. The normalized spacial score (nSPS) is 21.0. The van der Waals surface area contributed by atoms with Crippen LogP contribution in [0.2, 0.25) is 5.04 Å². The van der Waals surface area contributed by atoms with Crippen LogP contribution in [-0.2, 0) is 9.22 Å². The van der Waals surface area contributed by atoms with E-state index in [0.717, 1.165) is 0 Å². The van der Waals surface area contributed by atoms with E-state index in [1.165, 1.54) is 16.4 Å². The first-order valence-electron chi connectivity index (χ1n) is 9.03. The van der Waals surface area contributed by atoms with Crippen LogP contribution >= 0.6 is 0 Å². The van der Waals surface area contributed by atoms with Gasteiger partial charge in [-0.25, -0.2) is 0 Å². The summed E-state index contributed by atoms with van der Waals surface area (Å²) in [4.78, 5) is 11.7. The van der Waals surface area contributed by atoms with Crippen molar-refractivity contribution in [3.63, 3.8) is 0 Å². The topological polar surface area (TPSA) is 46.5 Å². The molecule has 1 unspecified atom stereocenters. The van der Waals surface area contributed by atoms with Crippen molar-refractivity contribution in [1.29, 1.82) is 0 Å². The molecule has 1 aliphatic rings. The van der Waals surface area contributed by atoms with E-state index in [4.69, 9.17) is 4.43 Å². The van der Waals surface area contributed by atoms with E-state index < -0.39 is 14.4 Å². The Balaban J connectivity index is 2.15. The van der Waals surface area contributed by atoms with Gasteiger partial charge in [0.2, 0.25) is 0 Å². The van der Waals surface area contributed by atoms with Gasteiger partial charge in [-0.1, -0.05) is 87.5 Å². The number of hydrogen-bond acceptors (Lipinski definition) is 3. The van der Waals surface area contributed by atoms with E-state index in [-0.39, 0.29) is 16.9 Å². The maximum atomic E-state index is 11.7. The summed E-state index contributed by atoms with van der Waals surface area (Å²) in [6.07, 6.45) is 2.29. The summed E-state index contributed by atoms with van der Waals surface area (Å²) in [5.41, 5.74) is 0. The standard InChI is InChI=1S/C22H26O3Si/c1-22(2,3)26(18-10-6-4-7-11-18,19-12-8-5-9-13-19)25-17-14-15-20(23)21(24)16-17/h4-15,17,21,24H,16H2,1-3H3/t17-,21?/m0/s1. The van der Waals surface area contributed by atoms with Gasteiger partial charge < -0.3 is 9.53 Å². The first-order chi connectivity index (χ1) is 12.3. The van der Waals surface area contributed by atoms with Gasteiger partial charge in [-0.2, -0.15) is 0 Å². The molecule has 0 spiro atoms. The second-order valence-electron chi connectivity index (χ2n) is 7.83. The second kappa shape index (κ2) is 7.31. The third-order valence-electron chi connectivity index (χ3n) is 5.00. The fourth-order valence-corrected chi connectivity index (χ4v) is 8.38. The van der Waals surface area contributed by atoms with Crippen molar-refractivity contribution < 1.29 is 14.3 Å². The minimum Gasteiger partial charge on any atom is -0.401 e. The molecule has 0 bridgehead atoms. The van der Waals surface area contributed by atoms with Crippen LogP contribution in [0, 0.1) is 0 Å². The predicted molar refractivity (Wildman–Crippen MR) is 107 cm³/mol. The van der Waals surface area contributed by atoms with Gasteiger partial charge in [0, 0.05) is 6.42 Å². The fourth-order valence-electron chi connectivity index (χ4n) is 3.73. The SMILES string of the molecule is CC(C)(C)[Si](O[C@H]1C=CC(=O)C(O)C1)(c1ccccc1)c1ccccc1. The number of benzene rings is 2. The van der Waals surface area contributed by atoms with E-state index in [1.807, 2.05) is 36.4 Å². The van der Waals surface area contributed by atoms with Crippen LogP contribution in [-0.4, -0.2) is 31.4 Å². The Labute approximate surface area is 156 Å². The molecule has 136 valence electrons. The van der Waals surface area contributed by atoms with Crippen molar-refractivity contribution in [1.82, 2.24) is 0 Å². The van der Waals surface area contributed by atoms with Crippen LogP contribution in [0.4, 0.5) is 0 Å². The van der Waals surface area contributed by atoms with Crippen molar-refractivity contribution >= 4 is 24.5 Å². The maximum Gasteiger partial charge on any atom is 0.261 e. The monoisotopic (exact) mass is 366 g/mol. The Bertz CT molecular complexity index is 739. The number of aliphatic hydroxyl groups excluding tert-OH is 1. The first kappa shape index (κ1) is 18.8. The lowest BCUT2D eigenvalue weighted by molar-refractivity contribution is -0.124. The fraction of sp³-hybridized carbons (Fsp3) is 0.318. The zero-order valence-electron chi connectivity index (χ0n) is 15.6. The Hall–Kier alpha value is -2.01. The third-order valence-corrected chi connectivity index (χ3v) is 10.1. The molecule has 3 rings (SSSR count). The smallest absolute Gasteiger partial charge is 0.261 e. The van der Waals surface area contributed by atoms with Crippen molar-refractivity contribution in [3.05, 3.63) is 72.8 Å². The van der Waals surface area contributed by atoms with Gasteiger partial charge in [0.25, 0.3) is 8.32 Å². The van der Waals surface area contributed by atoms with Crippen LogP contribution in [0.25, 0.3) is 0 Å². The average Bonchev–Trinajstić information content (AvgIpc) is 2.63. The maximum absolute atomic E-state index is 11.7. The van der Waals surface area contributed by atoms with E-state index >= 15 is 0 Å². The third kappa shape index (κ3) is 3.45. The van der Waals surface area contributed by atoms with Gasteiger partial charge >= 0.3 is 0 Å². The van der Waals surface area contributed by atoms with Crippen molar-refractivity contribution in [2.24, 2.45) is 0 Å². The second-order valence-corrected chi connectivity index (χ2v) is 12.1. The summed E-state index contributed by atoms with van der Waals surface area (Å²) >= 11 is 0. The lowest BCUT2D eigenvalue weighted by atomic mass is 10.0. The molecule has 4 heteroatoms. The highest BCUT2D eigenvalue weighted by Crippen LogP contribution is 2.38. The van der Waals surface area contributed by atoms with Gasteiger partial charge in [0.15, 0.2) is 5.78 Å². The molecule has 26 heavy (non-hydrogen) atoms. The Morgan fingerprint density at radius 1 is 0.962 bits per heavy atom.